The Hall–Kier alpha value is -3.19. The van der Waals surface area contributed by atoms with E-state index in [2.05, 4.69) is 29.2 Å². The summed E-state index contributed by atoms with van der Waals surface area (Å²) in [5.74, 6) is -0.795. The van der Waals surface area contributed by atoms with Gasteiger partial charge in [-0.15, -0.1) is 0 Å². The van der Waals surface area contributed by atoms with Gasteiger partial charge in [0.05, 0.1) is 12.5 Å². The smallest absolute Gasteiger partial charge is 0.236 e. The highest BCUT2D eigenvalue weighted by Crippen LogP contribution is 2.33. The predicted octanol–water partition coefficient (Wildman–Crippen LogP) is 1.75. The number of nitrogens with two attached hydrogens (primary N) is 1. The zero-order valence-electron chi connectivity index (χ0n) is 19.4. The van der Waals surface area contributed by atoms with Gasteiger partial charge in [0.25, 0.3) is 0 Å². The first-order chi connectivity index (χ1) is 15.8. The SMILES string of the molecule is CC(=O)N1C[C@H](C(N)=O)[C@@H](c2ccc(CN(C)C(=O)CN3CCc4ccccc4C3)cc2)C1. The van der Waals surface area contributed by atoms with Gasteiger partial charge in [-0.25, -0.2) is 0 Å². The van der Waals surface area contributed by atoms with Gasteiger partial charge in [-0.2, -0.15) is 0 Å². The Morgan fingerprint density at radius 1 is 1.03 bits per heavy atom. The number of nitrogens with zero attached hydrogens (tertiary/aromatic N) is 3. The van der Waals surface area contributed by atoms with Crippen molar-refractivity contribution >= 4 is 17.7 Å². The Labute approximate surface area is 195 Å². The number of carbonyl (C=O) groups excluding carboxylic acids is 3. The molecule has 0 bridgehead atoms. The fraction of sp³-hybridized carbons (Fsp3) is 0.423. The number of rotatable bonds is 6. The van der Waals surface area contributed by atoms with Gasteiger partial charge in [0.2, 0.25) is 17.7 Å². The molecule has 174 valence electrons. The molecular formula is C26H32N4O3. The van der Waals surface area contributed by atoms with Crippen molar-refractivity contribution in [3.8, 4) is 0 Å². The van der Waals surface area contributed by atoms with Gasteiger partial charge in [0.1, 0.15) is 0 Å². The zero-order chi connectivity index (χ0) is 23.5. The lowest BCUT2D eigenvalue weighted by atomic mass is 9.88. The van der Waals surface area contributed by atoms with Crippen LogP contribution in [-0.2, 0) is 33.9 Å². The lowest BCUT2D eigenvalue weighted by Crippen LogP contribution is -2.40. The van der Waals surface area contributed by atoms with E-state index in [1.54, 1.807) is 9.80 Å². The minimum atomic E-state index is -0.376. The summed E-state index contributed by atoms with van der Waals surface area (Å²) < 4.78 is 0. The number of hydrogen-bond donors (Lipinski definition) is 1. The maximum Gasteiger partial charge on any atom is 0.236 e. The van der Waals surface area contributed by atoms with Crippen molar-refractivity contribution in [3.05, 3.63) is 70.8 Å². The number of fused-ring (bicyclic) bond motifs is 1. The van der Waals surface area contributed by atoms with Crippen molar-refractivity contribution in [2.24, 2.45) is 11.7 Å². The molecule has 2 N–H and O–H groups in total. The molecule has 2 aromatic carbocycles. The van der Waals surface area contributed by atoms with E-state index in [4.69, 9.17) is 5.73 Å². The highest BCUT2D eigenvalue weighted by atomic mass is 16.2. The van der Waals surface area contributed by atoms with E-state index in [0.29, 0.717) is 26.2 Å². The topological polar surface area (TPSA) is 87.0 Å². The first-order valence-corrected chi connectivity index (χ1v) is 11.5. The van der Waals surface area contributed by atoms with Crippen molar-refractivity contribution in [1.82, 2.24) is 14.7 Å². The second kappa shape index (κ2) is 9.75. The number of hydrogen-bond acceptors (Lipinski definition) is 4. The molecule has 2 aromatic rings. The summed E-state index contributed by atoms with van der Waals surface area (Å²) in [5.41, 5.74) is 10.3. The van der Waals surface area contributed by atoms with Gasteiger partial charge in [-0.05, 0) is 28.7 Å². The van der Waals surface area contributed by atoms with E-state index in [9.17, 15) is 14.4 Å². The average Bonchev–Trinajstić information content (AvgIpc) is 3.26. The highest BCUT2D eigenvalue weighted by molar-refractivity contribution is 5.81. The molecule has 2 atom stereocenters. The quantitative estimate of drug-likeness (QED) is 0.730. The Bertz CT molecular complexity index is 1040. The van der Waals surface area contributed by atoms with Crippen molar-refractivity contribution < 1.29 is 14.4 Å². The van der Waals surface area contributed by atoms with Crippen molar-refractivity contribution in [3.63, 3.8) is 0 Å². The third-order valence-electron chi connectivity index (χ3n) is 6.95. The van der Waals surface area contributed by atoms with Crippen LogP contribution in [0.2, 0.25) is 0 Å². The molecule has 3 amide bonds. The number of likely N-dealkylation sites (tertiary alicyclic amines) is 1. The predicted molar refractivity (Wildman–Crippen MR) is 126 cm³/mol. The second-order valence-corrected chi connectivity index (χ2v) is 9.26. The lowest BCUT2D eigenvalue weighted by molar-refractivity contribution is -0.132. The van der Waals surface area contributed by atoms with Crippen LogP contribution in [0.1, 0.15) is 35.1 Å². The van der Waals surface area contributed by atoms with Crippen LogP contribution in [0.4, 0.5) is 0 Å². The van der Waals surface area contributed by atoms with Crippen LogP contribution in [0.3, 0.4) is 0 Å². The first-order valence-electron chi connectivity index (χ1n) is 11.5. The minimum Gasteiger partial charge on any atom is -0.369 e. The van der Waals surface area contributed by atoms with Crippen LogP contribution < -0.4 is 5.73 Å². The van der Waals surface area contributed by atoms with E-state index < -0.39 is 0 Å². The van der Waals surface area contributed by atoms with Crippen LogP contribution >= 0.6 is 0 Å². The molecule has 7 nitrogen and oxygen atoms in total. The molecular weight excluding hydrogens is 416 g/mol. The fourth-order valence-electron chi connectivity index (χ4n) is 4.92. The third-order valence-corrected chi connectivity index (χ3v) is 6.95. The van der Waals surface area contributed by atoms with Crippen LogP contribution in [0.15, 0.2) is 48.5 Å². The van der Waals surface area contributed by atoms with Gasteiger partial charge in [-0.3, -0.25) is 19.3 Å². The number of amides is 3. The standard InChI is InChI=1S/C26H32N4O3/c1-18(31)30-15-23(24(16-30)26(27)33)21-9-7-19(8-10-21)13-28(2)25(32)17-29-12-11-20-5-3-4-6-22(20)14-29/h3-10,23-24H,11-17H2,1-2H3,(H2,27,33)/t23-,24+/m1/s1. The van der Waals surface area contributed by atoms with Gasteiger partial charge >= 0.3 is 0 Å². The van der Waals surface area contributed by atoms with E-state index in [1.165, 1.54) is 18.1 Å². The molecule has 0 spiro atoms. The molecule has 4 rings (SSSR count). The summed E-state index contributed by atoms with van der Waals surface area (Å²) in [6.07, 6.45) is 0.975. The molecule has 1 fully saturated rings. The zero-order valence-corrected chi connectivity index (χ0v) is 19.4. The van der Waals surface area contributed by atoms with Crippen molar-refractivity contribution in [2.45, 2.75) is 32.4 Å². The molecule has 0 aliphatic carbocycles. The maximum atomic E-state index is 12.8. The molecule has 0 unspecified atom stereocenters. The summed E-state index contributed by atoms with van der Waals surface area (Å²) in [4.78, 5) is 42.1. The van der Waals surface area contributed by atoms with Crippen molar-refractivity contribution in [1.29, 1.82) is 0 Å². The maximum absolute atomic E-state index is 12.8. The van der Waals surface area contributed by atoms with Crippen LogP contribution in [0.25, 0.3) is 0 Å². The molecule has 0 saturated carbocycles. The summed E-state index contributed by atoms with van der Waals surface area (Å²) in [6.45, 7) is 5.02. The summed E-state index contributed by atoms with van der Waals surface area (Å²) >= 11 is 0. The summed E-state index contributed by atoms with van der Waals surface area (Å²) in [6, 6.07) is 16.4. The number of likely N-dealkylation sites (N-methyl/N-ethyl adjacent to an activating group) is 1. The van der Waals surface area contributed by atoms with Crippen molar-refractivity contribution in [2.75, 3.05) is 33.2 Å². The molecule has 1 saturated heterocycles. The Morgan fingerprint density at radius 2 is 1.73 bits per heavy atom. The van der Waals surface area contributed by atoms with Crippen LogP contribution in [-0.4, -0.2) is 65.6 Å². The van der Waals surface area contributed by atoms with Gasteiger partial charge in [0, 0.05) is 52.6 Å². The lowest BCUT2D eigenvalue weighted by Gasteiger charge is -2.29. The van der Waals surface area contributed by atoms with Crippen LogP contribution in [0.5, 0.6) is 0 Å². The Kier molecular flexibility index (Phi) is 6.79. The number of primary amides is 1. The van der Waals surface area contributed by atoms with Gasteiger partial charge in [-0.1, -0.05) is 48.5 Å². The van der Waals surface area contributed by atoms with Gasteiger partial charge in [0.15, 0.2) is 0 Å². The summed E-state index contributed by atoms with van der Waals surface area (Å²) in [5, 5.41) is 0. The molecule has 2 aliphatic heterocycles. The molecule has 0 aromatic heterocycles. The summed E-state index contributed by atoms with van der Waals surface area (Å²) in [7, 11) is 1.83. The molecule has 2 heterocycles. The Balaban J connectivity index is 1.34. The fourth-order valence-corrected chi connectivity index (χ4v) is 4.92. The number of benzene rings is 2. The molecule has 7 heteroatoms. The number of carbonyl (C=O) groups is 3. The molecule has 0 radical (unpaired) electrons. The minimum absolute atomic E-state index is 0.0438. The van der Waals surface area contributed by atoms with E-state index in [0.717, 1.165) is 30.6 Å². The van der Waals surface area contributed by atoms with E-state index in [-0.39, 0.29) is 29.6 Å². The Morgan fingerprint density at radius 3 is 2.39 bits per heavy atom. The van der Waals surface area contributed by atoms with Gasteiger partial charge < -0.3 is 15.5 Å². The monoisotopic (exact) mass is 448 g/mol. The molecule has 33 heavy (non-hydrogen) atoms. The average molecular weight is 449 g/mol. The largest absolute Gasteiger partial charge is 0.369 e. The van der Waals surface area contributed by atoms with E-state index >= 15 is 0 Å². The third kappa shape index (κ3) is 5.25. The second-order valence-electron chi connectivity index (χ2n) is 9.26. The van der Waals surface area contributed by atoms with Crippen LogP contribution in [0, 0.1) is 5.92 Å². The first kappa shape index (κ1) is 23.0. The highest BCUT2D eigenvalue weighted by Gasteiger charge is 2.38. The normalized spacial score (nSPS) is 20.4. The van der Waals surface area contributed by atoms with E-state index in [1.807, 2.05) is 31.3 Å². The molecule has 2 aliphatic rings.